The van der Waals surface area contributed by atoms with Crippen molar-refractivity contribution in [3.05, 3.63) is 28.8 Å². The summed E-state index contributed by atoms with van der Waals surface area (Å²) in [4.78, 5) is 2.02. The molecule has 1 heterocycles. The van der Waals surface area contributed by atoms with E-state index in [0.717, 1.165) is 5.56 Å². The molecule has 2 rings (SSSR count). The minimum atomic E-state index is -3.70. The maximum absolute atomic E-state index is 12.8. The zero-order valence-electron chi connectivity index (χ0n) is 12.5. The molecular formula is C14H21ClN2O3S. The average molecular weight is 333 g/mol. The quantitative estimate of drug-likeness (QED) is 0.903. The lowest BCUT2D eigenvalue weighted by Gasteiger charge is -2.26. The van der Waals surface area contributed by atoms with Crippen molar-refractivity contribution in [1.82, 2.24) is 9.21 Å². The molecule has 0 radical (unpaired) electrons. The number of nitrogens with zero attached hydrogens (tertiary/aromatic N) is 2. The van der Waals surface area contributed by atoms with E-state index in [-0.39, 0.29) is 22.5 Å². The normalized spacial score (nSPS) is 23.9. The summed E-state index contributed by atoms with van der Waals surface area (Å²) >= 11 is 6.10. The first kappa shape index (κ1) is 16.7. The number of benzene rings is 1. The fourth-order valence-electron chi connectivity index (χ4n) is 2.69. The SMILES string of the molecule is Cc1ccc(S(=O)(=O)N2CC(O)CC2CN(C)C)c(Cl)c1. The fraction of sp³-hybridized carbons (Fsp3) is 0.571. The minimum Gasteiger partial charge on any atom is -0.392 e. The summed E-state index contributed by atoms with van der Waals surface area (Å²) in [6, 6.07) is 4.66. The number of halogens is 1. The maximum atomic E-state index is 12.8. The number of aliphatic hydroxyl groups excluding tert-OH is 1. The van der Waals surface area contributed by atoms with Crippen LogP contribution in [0.25, 0.3) is 0 Å². The molecular weight excluding hydrogens is 312 g/mol. The molecule has 1 aromatic carbocycles. The van der Waals surface area contributed by atoms with Gasteiger partial charge in [0.05, 0.1) is 11.1 Å². The van der Waals surface area contributed by atoms with Crippen molar-refractivity contribution in [3.63, 3.8) is 0 Å². The van der Waals surface area contributed by atoms with E-state index in [4.69, 9.17) is 11.6 Å². The highest BCUT2D eigenvalue weighted by molar-refractivity contribution is 7.89. The Labute approximate surface area is 131 Å². The van der Waals surface area contributed by atoms with Gasteiger partial charge >= 0.3 is 0 Å². The molecule has 0 amide bonds. The van der Waals surface area contributed by atoms with Gasteiger partial charge in [-0.05, 0) is 45.1 Å². The Morgan fingerprint density at radius 1 is 1.43 bits per heavy atom. The second-order valence-electron chi connectivity index (χ2n) is 5.81. The summed E-state index contributed by atoms with van der Waals surface area (Å²) < 4.78 is 27.0. The Kier molecular flexibility index (Phi) is 4.95. The van der Waals surface area contributed by atoms with E-state index in [9.17, 15) is 13.5 Å². The van der Waals surface area contributed by atoms with E-state index in [1.807, 2.05) is 25.9 Å². The summed E-state index contributed by atoms with van der Waals surface area (Å²) in [5, 5.41) is 10.1. The third-order valence-corrected chi connectivity index (χ3v) is 5.99. The van der Waals surface area contributed by atoms with Gasteiger partial charge in [-0.2, -0.15) is 4.31 Å². The third kappa shape index (κ3) is 3.57. The molecule has 1 aliphatic rings. The lowest BCUT2D eigenvalue weighted by molar-refractivity contribution is 0.188. The van der Waals surface area contributed by atoms with Gasteiger partial charge in [-0.25, -0.2) is 8.42 Å². The molecule has 2 atom stereocenters. The Morgan fingerprint density at radius 3 is 2.67 bits per heavy atom. The summed E-state index contributed by atoms with van der Waals surface area (Å²) in [6.45, 7) is 2.54. The van der Waals surface area contributed by atoms with Gasteiger partial charge < -0.3 is 10.0 Å². The molecule has 0 aromatic heterocycles. The number of rotatable bonds is 4. The number of β-amino-alcohol motifs (C(OH)–C–C–N with tert-alkyl or cyclic N) is 1. The number of hydrogen-bond donors (Lipinski definition) is 1. The zero-order valence-corrected chi connectivity index (χ0v) is 14.0. The number of aryl methyl sites for hydroxylation is 1. The summed E-state index contributed by atoms with van der Waals surface area (Å²) in [5.74, 6) is 0. The lowest BCUT2D eigenvalue weighted by atomic mass is 10.2. The molecule has 1 fully saturated rings. The lowest BCUT2D eigenvalue weighted by Crippen LogP contribution is -2.41. The van der Waals surface area contributed by atoms with Crippen molar-refractivity contribution in [1.29, 1.82) is 0 Å². The van der Waals surface area contributed by atoms with Crippen molar-refractivity contribution in [3.8, 4) is 0 Å². The predicted molar refractivity (Wildman–Crippen MR) is 83.0 cm³/mol. The van der Waals surface area contributed by atoms with E-state index in [1.165, 1.54) is 10.4 Å². The van der Waals surface area contributed by atoms with Gasteiger partial charge in [-0.1, -0.05) is 17.7 Å². The Bertz CT molecular complexity index is 619. The fourth-order valence-corrected chi connectivity index (χ4v) is 4.92. The van der Waals surface area contributed by atoms with E-state index in [0.29, 0.717) is 13.0 Å². The molecule has 0 saturated carbocycles. The average Bonchev–Trinajstić information content (AvgIpc) is 2.69. The highest BCUT2D eigenvalue weighted by atomic mass is 35.5. The topological polar surface area (TPSA) is 60.9 Å². The molecule has 1 saturated heterocycles. The van der Waals surface area contributed by atoms with E-state index in [1.54, 1.807) is 12.1 Å². The van der Waals surface area contributed by atoms with Crippen LogP contribution in [-0.4, -0.2) is 62.1 Å². The van der Waals surface area contributed by atoms with Gasteiger partial charge in [0.15, 0.2) is 0 Å². The summed E-state index contributed by atoms with van der Waals surface area (Å²) in [5.41, 5.74) is 0.908. The molecule has 7 heteroatoms. The zero-order chi connectivity index (χ0) is 15.8. The Balaban J connectivity index is 2.37. The minimum absolute atomic E-state index is 0.104. The summed E-state index contributed by atoms with van der Waals surface area (Å²) in [7, 11) is 0.0675. The van der Waals surface area contributed by atoms with E-state index in [2.05, 4.69) is 0 Å². The molecule has 1 aliphatic heterocycles. The van der Waals surface area contributed by atoms with Gasteiger partial charge in [0.1, 0.15) is 4.90 Å². The molecule has 2 unspecified atom stereocenters. The number of aliphatic hydroxyl groups is 1. The van der Waals surface area contributed by atoms with Crippen LogP contribution < -0.4 is 0 Å². The van der Waals surface area contributed by atoms with Crippen molar-refractivity contribution in [2.24, 2.45) is 0 Å². The Hall–Kier alpha value is -0.660. The van der Waals surface area contributed by atoms with Crippen molar-refractivity contribution in [2.45, 2.75) is 30.4 Å². The van der Waals surface area contributed by atoms with Gasteiger partial charge in [-0.3, -0.25) is 0 Å². The molecule has 0 aliphatic carbocycles. The predicted octanol–water partition coefficient (Wildman–Crippen LogP) is 1.33. The third-order valence-electron chi connectivity index (χ3n) is 3.59. The van der Waals surface area contributed by atoms with Gasteiger partial charge in [0.25, 0.3) is 0 Å². The van der Waals surface area contributed by atoms with Crippen LogP contribution in [0.2, 0.25) is 5.02 Å². The van der Waals surface area contributed by atoms with Crippen LogP contribution in [0, 0.1) is 6.92 Å². The standard InChI is InChI=1S/C14H21ClN2O3S/c1-10-4-5-14(13(15)6-10)21(19,20)17-9-12(18)7-11(17)8-16(2)3/h4-6,11-12,18H,7-9H2,1-3H3. The second-order valence-corrected chi connectivity index (χ2v) is 8.08. The van der Waals surface area contributed by atoms with Crippen molar-refractivity contribution in [2.75, 3.05) is 27.2 Å². The van der Waals surface area contributed by atoms with E-state index < -0.39 is 16.1 Å². The number of hydrogen-bond acceptors (Lipinski definition) is 4. The monoisotopic (exact) mass is 332 g/mol. The summed E-state index contributed by atoms with van der Waals surface area (Å²) in [6.07, 6.45) is -0.185. The molecule has 0 bridgehead atoms. The number of likely N-dealkylation sites (N-methyl/N-ethyl adjacent to an activating group) is 1. The van der Waals surface area contributed by atoms with Crippen LogP contribution in [0.15, 0.2) is 23.1 Å². The molecule has 5 nitrogen and oxygen atoms in total. The van der Waals surface area contributed by atoms with Crippen LogP contribution in [-0.2, 0) is 10.0 Å². The van der Waals surface area contributed by atoms with Gasteiger partial charge in [-0.15, -0.1) is 0 Å². The molecule has 1 N–H and O–H groups in total. The first-order chi connectivity index (χ1) is 9.71. The first-order valence-electron chi connectivity index (χ1n) is 6.82. The molecule has 0 spiro atoms. The maximum Gasteiger partial charge on any atom is 0.244 e. The second kappa shape index (κ2) is 6.22. The van der Waals surface area contributed by atoms with Crippen molar-refractivity contribution < 1.29 is 13.5 Å². The molecule has 1 aromatic rings. The highest BCUT2D eigenvalue weighted by Gasteiger charge is 2.40. The van der Waals surface area contributed by atoms with Crippen LogP contribution in [0.3, 0.4) is 0 Å². The van der Waals surface area contributed by atoms with Crippen LogP contribution in [0.5, 0.6) is 0 Å². The molecule has 118 valence electrons. The first-order valence-corrected chi connectivity index (χ1v) is 8.64. The largest absolute Gasteiger partial charge is 0.392 e. The highest BCUT2D eigenvalue weighted by Crippen LogP contribution is 2.31. The van der Waals surface area contributed by atoms with E-state index >= 15 is 0 Å². The van der Waals surface area contributed by atoms with Gasteiger partial charge in [0, 0.05) is 19.1 Å². The Morgan fingerprint density at radius 2 is 2.10 bits per heavy atom. The molecule has 21 heavy (non-hydrogen) atoms. The van der Waals surface area contributed by atoms with Crippen LogP contribution >= 0.6 is 11.6 Å². The van der Waals surface area contributed by atoms with Crippen molar-refractivity contribution >= 4 is 21.6 Å². The number of sulfonamides is 1. The van der Waals surface area contributed by atoms with Crippen LogP contribution in [0.4, 0.5) is 0 Å². The van der Waals surface area contributed by atoms with Crippen LogP contribution in [0.1, 0.15) is 12.0 Å². The van der Waals surface area contributed by atoms with Gasteiger partial charge in [0.2, 0.25) is 10.0 Å². The smallest absolute Gasteiger partial charge is 0.244 e.